The largest absolute Gasteiger partial charge is 0.339 e. The van der Waals surface area contributed by atoms with Crippen molar-refractivity contribution in [3.8, 4) is 0 Å². The van der Waals surface area contributed by atoms with Gasteiger partial charge in [0.1, 0.15) is 0 Å². The Morgan fingerprint density at radius 1 is 0.957 bits per heavy atom. The van der Waals surface area contributed by atoms with Crippen molar-refractivity contribution < 1.29 is 0 Å². The minimum atomic E-state index is 0.765. The average molecular weight is 359 g/mol. The molecule has 23 heavy (non-hydrogen) atoms. The van der Waals surface area contributed by atoms with E-state index in [1.807, 2.05) is 12.1 Å². The molecule has 0 aliphatic carbocycles. The molecule has 0 saturated heterocycles. The first-order chi connectivity index (χ1) is 11.2. The fourth-order valence-corrected chi connectivity index (χ4v) is 3.97. The van der Waals surface area contributed by atoms with Gasteiger partial charge in [-0.1, -0.05) is 30.3 Å². The highest BCUT2D eigenvalue weighted by molar-refractivity contribution is 7.80. The van der Waals surface area contributed by atoms with Crippen molar-refractivity contribution in [1.29, 1.82) is 0 Å². The molecule has 3 aromatic rings. The number of hydrogen-bond donors (Lipinski definition) is 1. The van der Waals surface area contributed by atoms with Crippen LogP contribution >= 0.6 is 34.9 Å². The first-order valence-corrected chi connectivity index (χ1v) is 9.55. The van der Waals surface area contributed by atoms with Gasteiger partial charge in [-0.2, -0.15) is 0 Å². The van der Waals surface area contributed by atoms with Crippen molar-refractivity contribution in [3.05, 3.63) is 74.6 Å². The molecular weight excluding hydrogens is 340 g/mol. The number of benzene rings is 1. The van der Waals surface area contributed by atoms with E-state index < -0.39 is 0 Å². The van der Waals surface area contributed by atoms with Crippen LogP contribution in [0.2, 0.25) is 0 Å². The summed E-state index contributed by atoms with van der Waals surface area (Å²) < 4.78 is 0. The van der Waals surface area contributed by atoms with Gasteiger partial charge in [0.2, 0.25) is 0 Å². The van der Waals surface area contributed by atoms with Crippen LogP contribution in [0, 0.1) is 6.92 Å². The highest BCUT2D eigenvalue weighted by atomic mass is 32.1. The zero-order valence-corrected chi connectivity index (χ0v) is 15.3. The van der Waals surface area contributed by atoms with Crippen molar-refractivity contribution in [2.75, 3.05) is 5.32 Å². The smallest absolute Gasteiger partial charge is 0.174 e. The van der Waals surface area contributed by atoms with Gasteiger partial charge in [0.15, 0.2) is 5.11 Å². The summed E-state index contributed by atoms with van der Waals surface area (Å²) >= 11 is 9.22. The summed E-state index contributed by atoms with van der Waals surface area (Å²) in [5.74, 6) is 0. The lowest BCUT2D eigenvalue weighted by Crippen LogP contribution is -2.33. The third-order valence-corrected chi connectivity index (χ3v) is 5.61. The lowest BCUT2D eigenvalue weighted by Gasteiger charge is -2.25. The summed E-state index contributed by atoms with van der Waals surface area (Å²) in [6.07, 6.45) is 0. The second-order valence-corrected chi connectivity index (χ2v) is 7.71. The molecule has 1 aromatic carbocycles. The molecule has 0 radical (unpaired) electrons. The van der Waals surface area contributed by atoms with Crippen LogP contribution in [0.25, 0.3) is 0 Å². The molecule has 2 nitrogen and oxygen atoms in total. The van der Waals surface area contributed by atoms with Crippen molar-refractivity contribution >= 4 is 45.7 Å². The van der Waals surface area contributed by atoms with Gasteiger partial charge in [-0.3, -0.25) is 0 Å². The van der Waals surface area contributed by atoms with E-state index in [4.69, 9.17) is 12.2 Å². The minimum Gasteiger partial charge on any atom is -0.339 e. The van der Waals surface area contributed by atoms with E-state index in [9.17, 15) is 0 Å². The van der Waals surface area contributed by atoms with Gasteiger partial charge in [0.05, 0.1) is 13.1 Å². The van der Waals surface area contributed by atoms with E-state index in [1.165, 1.54) is 15.3 Å². The summed E-state index contributed by atoms with van der Waals surface area (Å²) in [5.41, 5.74) is 2.27. The van der Waals surface area contributed by atoms with Gasteiger partial charge in [-0.15, -0.1) is 22.7 Å². The molecule has 1 N–H and O–H groups in total. The number of nitrogens with one attached hydrogen (secondary N) is 1. The lowest BCUT2D eigenvalue weighted by atomic mass is 10.2. The fourth-order valence-electron chi connectivity index (χ4n) is 2.29. The summed E-state index contributed by atoms with van der Waals surface area (Å²) in [6, 6.07) is 16.7. The van der Waals surface area contributed by atoms with Crippen LogP contribution in [0.5, 0.6) is 0 Å². The predicted molar refractivity (Wildman–Crippen MR) is 105 cm³/mol. The number of thiophene rings is 2. The molecular formula is C18H18N2S3. The fraction of sp³-hybridized carbons (Fsp3) is 0.167. The standard InChI is InChI=1S/C18H18N2S3/c1-14-6-2-3-9-17(14)19-18(21)20(12-15-7-4-10-22-15)13-16-8-5-11-23-16/h2-11H,12-13H2,1H3,(H,19,21). The summed E-state index contributed by atoms with van der Waals surface area (Å²) in [6.45, 7) is 3.74. The first kappa shape index (κ1) is 16.2. The Bertz CT molecular complexity index is 712. The molecule has 0 amide bonds. The Kier molecular flexibility index (Phi) is 5.43. The SMILES string of the molecule is Cc1ccccc1NC(=S)N(Cc1cccs1)Cc1cccs1. The summed E-state index contributed by atoms with van der Waals surface area (Å²) in [5, 5.41) is 8.38. The third-order valence-electron chi connectivity index (χ3n) is 3.53. The van der Waals surface area contributed by atoms with Crippen LogP contribution in [-0.4, -0.2) is 10.0 Å². The van der Waals surface area contributed by atoms with Crippen LogP contribution in [0.1, 0.15) is 15.3 Å². The average Bonchev–Trinajstić information content (AvgIpc) is 3.22. The van der Waals surface area contributed by atoms with Gasteiger partial charge in [-0.05, 0) is 53.7 Å². The highest BCUT2D eigenvalue weighted by Crippen LogP contribution is 2.20. The van der Waals surface area contributed by atoms with E-state index in [-0.39, 0.29) is 0 Å². The van der Waals surface area contributed by atoms with Gasteiger partial charge < -0.3 is 10.2 Å². The number of anilines is 1. The van der Waals surface area contributed by atoms with Crippen LogP contribution in [0.3, 0.4) is 0 Å². The van der Waals surface area contributed by atoms with E-state index in [0.29, 0.717) is 0 Å². The van der Waals surface area contributed by atoms with Gasteiger partial charge in [-0.25, -0.2) is 0 Å². The monoisotopic (exact) mass is 358 g/mol. The van der Waals surface area contributed by atoms with Gasteiger partial charge >= 0.3 is 0 Å². The molecule has 5 heteroatoms. The normalized spacial score (nSPS) is 10.5. The maximum atomic E-state index is 5.69. The molecule has 0 bridgehead atoms. The Labute approximate surface area is 150 Å². The molecule has 2 aromatic heterocycles. The van der Waals surface area contributed by atoms with E-state index in [0.717, 1.165) is 23.9 Å². The lowest BCUT2D eigenvalue weighted by molar-refractivity contribution is 0.420. The van der Waals surface area contributed by atoms with Crippen LogP contribution in [-0.2, 0) is 13.1 Å². The number of rotatable bonds is 5. The zero-order valence-electron chi connectivity index (χ0n) is 12.9. The molecule has 0 spiro atoms. The number of nitrogens with zero attached hydrogens (tertiary/aromatic N) is 1. The maximum absolute atomic E-state index is 5.69. The van der Waals surface area contributed by atoms with Crippen molar-refractivity contribution in [3.63, 3.8) is 0 Å². The van der Waals surface area contributed by atoms with E-state index in [2.05, 4.69) is 64.3 Å². The topological polar surface area (TPSA) is 15.3 Å². The van der Waals surface area contributed by atoms with Crippen LogP contribution in [0.15, 0.2) is 59.3 Å². The zero-order chi connectivity index (χ0) is 16.1. The Morgan fingerprint density at radius 2 is 1.57 bits per heavy atom. The third kappa shape index (κ3) is 4.41. The number of aryl methyl sites for hydroxylation is 1. The Hall–Kier alpha value is -1.69. The molecule has 0 atom stereocenters. The molecule has 0 aliphatic heterocycles. The van der Waals surface area contributed by atoms with E-state index in [1.54, 1.807) is 22.7 Å². The predicted octanol–water partition coefficient (Wildman–Crippen LogP) is 5.52. The number of hydrogen-bond acceptors (Lipinski definition) is 3. The van der Waals surface area contributed by atoms with Crippen molar-refractivity contribution in [2.45, 2.75) is 20.0 Å². The summed E-state index contributed by atoms with van der Waals surface area (Å²) in [7, 11) is 0. The second kappa shape index (κ2) is 7.73. The summed E-state index contributed by atoms with van der Waals surface area (Å²) in [4.78, 5) is 4.85. The van der Waals surface area contributed by atoms with Crippen molar-refractivity contribution in [1.82, 2.24) is 4.90 Å². The molecule has 0 saturated carbocycles. The molecule has 0 unspecified atom stereocenters. The number of para-hydroxylation sites is 1. The Morgan fingerprint density at radius 3 is 2.09 bits per heavy atom. The van der Waals surface area contributed by atoms with Crippen LogP contribution in [0.4, 0.5) is 5.69 Å². The minimum absolute atomic E-state index is 0.765. The molecule has 0 aliphatic rings. The molecule has 0 fully saturated rings. The second-order valence-electron chi connectivity index (χ2n) is 5.26. The quantitative estimate of drug-likeness (QED) is 0.605. The van der Waals surface area contributed by atoms with Crippen molar-refractivity contribution in [2.24, 2.45) is 0 Å². The highest BCUT2D eigenvalue weighted by Gasteiger charge is 2.13. The Balaban J connectivity index is 1.76. The molecule has 118 valence electrons. The molecule has 2 heterocycles. The van der Waals surface area contributed by atoms with Gasteiger partial charge in [0.25, 0.3) is 0 Å². The van der Waals surface area contributed by atoms with Crippen LogP contribution < -0.4 is 5.32 Å². The number of thiocarbonyl (C=S) groups is 1. The molecule has 3 rings (SSSR count). The van der Waals surface area contributed by atoms with Gasteiger partial charge in [0, 0.05) is 15.4 Å². The van der Waals surface area contributed by atoms with E-state index >= 15 is 0 Å². The first-order valence-electron chi connectivity index (χ1n) is 7.38. The maximum Gasteiger partial charge on any atom is 0.174 e.